The van der Waals surface area contributed by atoms with E-state index in [9.17, 15) is 9.59 Å². The number of para-hydroxylation sites is 2. The van der Waals surface area contributed by atoms with Crippen molar-refractivity contribution in [3.63, 3.8) is 0 Å². The third kappa shape index (κ3) is 3.30. The van der Waals surface area contributed by atoms with E-state index in [0.29, 0.717) is 31.4 Å². The number of hydrogen-bond donors (Lipinski definition) is 1. The lowest BCUT2D eigenvalue weighted by Crippen LogP contribution is -2.53. The van der Waals surface area contributed by atoms with Gasteiger partial charge in [-0.25, -0.2) is 0 Å². The van der Waals surface area contributed by atoms with Crippen molar-refractivity contribution in [1.29, 1.82) is 0 Å². The maximum Gasteiger partial charge on any atom is 0.277 e. The zero-order valence-electron chi connectivity index (χ0n) is 16.4. The number of aromatic nitrogens is 1. The number of carbonyl (C=O) groups is 2. The minimum Gasteiger partial charge on any atom is -0.365 e. The van der Waals surface area contributed by atoms with Crippen LogP contribution in [0.2, 0.25) is 0 Å². The highest BCUT2D eigenvalue weighted by Crippen LogP contribution is 2.39. The third-order valence-electron chi connectivity index (χ3n) is 6.11. The predicted octanol–water partition coefficient (Wildman–Crippen LogP) is 2.04. The van der Waals surface area contributed by atoms with Crippen molar-refractivity contribution in [2.24, 2.45) is 0 Å². The largest absolute Gasteiger partial charge is 0.365 e. The molecule has 0 radical (unpaired) electrons. The first kappa shape index (κ1) is 18.0. The molecule has 2 fully saturated rings. The summed E-state index contributed by atoms with van der Waals surface area (Å²) in [4.78, 5) is 35.9. The molecule has 7 heteroatoms. The smallest absolute Gasteiger partial charge is 0.277 e. The number of nitrogens with zero attached hydrogens (tertiary/aromatic N) is 4. The molecule has 0 bridgehead atoms. The zero-order chi connectivity index (χ0) is 19.8. The number of pyridine rings is 1. The molecule has 150 valence electrons. The normalized spacial score (nSPS) is 21.3. The van der Waals surface area contributed by atoms with Crippen LogP contribution in [0.4, 0.5) is 17.1 Å². The summed E-state index contributed by atoms with van der Waals surface area (Å²) in [6.45, 7) is 3.39. The molecule has 1 aromatic carbocycles. The van der Waals surface area contributed by atoms with E-state index in [0.717, 1.165) is 36.6 Å². The molecular weight excluding hydrogens is 366 g/mol. The Morgan fingerprint density at radius 1 is 1.10 bits per heavy atom. The molecular formula is C22H25N5O2. The quantitative estimate of drug-likeness (QED) is 0.849. The van der Waals surface area contributed by atoms with Crippen LogP contribution < -0.4 is 20.0 Å². The highest BCUT2D eigenvalue weighted by Gasteiger charge is 2.35. The van der Waals surface area contributed by atoms with Crippen molar-refractivity contribution >= 4 is 28.9 Å². The van der Waals surface area contributed by atoms with E-state index < -0.39 is 0 Å². The van der Waals surface area contributed by atoms with Crippen LogP contribution in [0, 0.1) is 0 Å². The lowest BCUT2D eigenvalue weighted by Gasteiger charge is -2.46. The second-order valence-corrected chi connectivity index (χ2v) is 7.92. The van der Waals surface area contributed by atoms with Gasteiger partial charge in [0.25, 0.3) is 5.91 Å². The average Bonchev–Trinajstić information content (AvgIpc) is 2.78. The zero-order valence-corrected chi connectivity index (χ0v) is 16.4. The van der Waals surface area contributed by atoms with Gasteiger partial charge >= 0.3 is 0 Å². The molecule has 1 unspecified atom stereocenters. The Labute approximate surface area is 170 Å². The van der Waals surface area contributed by atoms with E-state index in [2.05, 4.69) is 21.3 Å². The van der Waals surface area contributed by atoms with Gasteiger partial charge in [-0.15, -0.1) is 0 Å². The molecule has 4 heterocycles. The number of fused-ring (bicyclic) bond motifs is 3. The van der Waals surface area contributed by atoms with Gasteiger partial charge in [0, 0.05) is 44.1 Å². The molecule has 0 spiro atoms. The van der Waals surface area contributed by atoms with Crippen molar-refractivity contribution in [3.05, 3.63) is 48.3 Å². The van der Waals surface area contributed by atoms with Crippen molar-refractivity contribution in [2.45, 2.75) is 25.3 Å². The van der Waals surface area contributed by atoms with E-state index in [1.807, 2.05) is 40.1 Å². The topological polar surface area (TPSA) is 68.8 Å². The first-order valence-corrected chi connectivity index (χ1v) is 10.4. The molecule has 3 aliphatic rings. The number of piperazine rings is 1. The van der Waals surface area contributed by atoms with Crippen LogP contribution in [-0.4, -0.2) is 55.6 Å². The summed E-state index contributed by atoms with van der Waals surface area (Å²) >= 11 is 0. The lowest BCUT2D eigenvalue weighted by atomic mass is 9.96. The molecule has 1 N–H and O–H groups in total. The first-order valence-electron chi connectivity index (χ1n) is 10.4. The fourth-order valence-electron chi connectivity index (χ4n) is 4.67. The van der Waals surface area contributed by atoms with Crippen LogP contribution in [-0.2, 0) is 4.79 Å². The maximum atomic E-state index is 13.5. The average molecular weight is 391 g/mol. The highest BCUT2D eigenvalue weighted by atomic mass is 16.2. The number of carbonyl (C=O) groups excluding carboxylic acids is 2. The Morgan fingerprint density at radius 2 is 1.97 bits per heavy atom. The third-order valence-corrected chi connectivity index (χ3v) is 6.11. The molecule has 5 rings (SSSR count). The summed E-state index contributed by atoms with van der Waals surface area (Å²) in [5, 5.41) is 2.83. The van der Waals surface area contributed by atoms with Crippen LogP contribution in [0.3, 0.4) is 0 Å². The van der Waals surface area contributed by atoms with Crippen LogP contribution in [0.25, 0.3) is 0 Å². The minimum atomic E-state index is -0.0778. The monoisotopic (exact) mass is 391 g/mol. The Balaban J connectivity index is 1.46. The maximum absolute atomic E-state index is 13.5. The van der Waals surface area contributed by atoms with E-state index in [1.165, 1.54) is 12.8 Å². The Hall–Kier alpha value is -3.09. The van der Waals surface area contributed by atoms with Crippen molar-refractivity contribution in [1.82, 2.24) is 10.3 Å². The Bertz CT molecular complexity index is 946. The first-order chi connectivity index (χ1) is 14.2. The second-order valence-electron chi connectivity index (χ2n) is 7.92. The number of anilines is 3. The second kappa shape index (κ2) is 7.39. The molecule has 2 saturated heterocycles. The Morgan fingerprint density at radius 3 is 2.83 bits per heavy atom. The van der Waals surface area contributed by atoms with E-state index in [1.54, 1.807) is 6.20 Å². The highest BCUT2D eigenvalue weighted by molar-refractivity contribution is 6.07. The van der Waals surface area contributed by atoms with Gasteiger partial charge in [-0.05, 0) is 43.5 Å². The van der Waals surface area contributed by atoms with Gasteiger partial charge in [0.05, 0.1) is 17.9 Å². The van der Waals surface area contributed by atoms with E-state index in [-0.39, 0.29) is 11.8 Å². The van der Waals surface area contributed by atoms with Crippen LogP contribution in [0.1, 0.15) is 29.8 Å². The summed E-state index contributed by atoms with van der Waals surface area (Å²) < 4.78 is 0. The van der Waals surface area contributed by atoms with Gasteiger partial charge in [-0.1, -0.05) is 12.1 Å². The summed E-state index contributed by atoms with van der Waals surface area (Å²) in [6, 6.07) is 12.2. The molecule has 0 aliphatic carbocycles. The summed E-state index contributed by atoms with van der Waals surface area (Å²) in [5.41, 5.74) is 3.39. The van der Waals surface area contributed by atoms with Crippen molar-refractivity contribution in [2.75, 3.05) is 47.4 Å². The Kier molecular flexibility index (Phi) is 4.58. The molecule has 7 nitrogen and oxygen atoms in total. The van der Waals surface area contributed by atoms with Gasteiger partial charge in [-0.3, -0.25) is 14.6 Å². The molecule has 1 aromatic heterocycles. The molecule has 2 amide bonds. The minimum absolute atomic E-state index is 0.00304. The van der Waals surface area contributed by atoms with E-state index in [4.69, 9.17) is 0 Å². The molecule has 29 heavy (non-hydrogen) atoms. The number of benzene rings is 1. The number of piperidine rings is 1. The summed E-state index contributed by atoms with van der Waals surface area (Å²) in [5.74, 6) is -0.0747. The number of amides is 2. The summed E-state index contributed by atoms with van der Waals surface area (Å²) in [7, 11) is 0. The standard InChI is InChI=1S/C22H25N5O2/c28-21-15-25(12-10-24-21)16-8-9-23-18(13-16)22(29)27-14-17-5-3-4-11-26(17)19-6-1-2-7-20(19)27/h1-2,6-9,13,17H,3-5,10-12,14-15H2,(H,24,28). The van der Waals surface area contributed by atoms with E-state index >= 15 is 0 Å². The van der Waals surface area contributed by atoms with Gasteiger partial charge in [0.15, 0.2) is 0 Å². The summed E-state index contributed by atoms with van der Waals surface area (Å²) in [6.07, 6.45) is 5.17. The molecule has 3 aliphatic heterocycles. The number of rotatable bonds is 2. The van der Waals surface area contributed by atoms with Crippen LogP contribution in [0.5, 0.6) is 0 Å². The van der Waals surface area contributed by atoms with Crippen LogP contribution in [0.15, 0.2) is 42.6 Å². The van der Waals surface area contributed by atoms with Crippen molar-refractivity contribution in [3.8, 4) is 0 Å². The van der Waals surface area contributed by atoms with Gasteiger partial charge in [-0.2, -0.15) is 0 Å². The number of hydrogen-bond acceptors (Lipinski definition) is 5. The SMILES string of the molecule is O=C1CN(c2ccnc(C(=O)N3CC4CCCCN4c4ccccc43)c2)CCN1. The van der Waals surface area contributed by atoms with Gasteiger partial charge in [0.1, 0.15) is 5.69 Å². The number of nitrogens with one attached hydrogen (secondary N) is 1. The molecule has 0 saturated carbocycles. The molecule has 2 aromatic rings. The molecule has 1 atom stereocenters. The van der Waals surface area contributed by atoms with Crippen molar-refractivity contribution < 1.29 is 9.59 Å². The predicted molar refractivity (Wildman–Crippen MR) is 113 cm³/mol. The fourth-order valence-corrected chi connectivity index (χ4v) is 4.67. The van der Waals surface area contributed by atoms with Crippen LogP contribution >= 0.6 is 0 Å². The lowest BCUT2D eigenvalue weighted by molar-refractivity contribution is -0.120. The fraction of sp³-hybridized carbons (Fsp3) is 0.409. The van der Waals surface area contributed by atoms with Gasteiger partial charge in [0.2, 0.25) is 5.91 Å². The van der Waals surface area contributed by atoms with Gasteiger partial charge < -0.3 is 20.0 Å².